The first-order valence-corrected chi connectivity index (χ1v) is 14.2. The van der Waals surface area contributed by atoms with E-state index in [-0.39, 0.29) is 51.2 Å². The average molecular weight is 509 g/mol. The highest BCUT2D eigenvalue weighted by atomic mass is 16.5. The van der Waals surface area contributed by atoms with Crippen LogP contribution >= 0.6 is 0 Å². The molecule has 6 heteroatoms. The first kappa shape index (κ1) is 25.3. The van der Waals surface area contributed by atoms with Gasteiger partial charge in [0.2, 0.25) is 0 Å². The zero-order chi connectivity index (χ0) is 26.8. The molecule has 1 unspecified atom stereocenters. The van der Waals surface area contributed by atoms with Crippen molar-refractivity contribution in [3.8, 4) is 0 Å². The summed E-state index contributed by atoms with van der Waals surface area (Å²) in [4.78, 5) is 27.8. The number of methoxy groups -OCH3 is 1. The molecule has 202 valence electrons. The molecule has 0 aliphatic heterocycles. The Hall–Kier alpha value is -1.95. The summed E-state index contributed by atoms with van der Waals surface area (Å²) in [6.45, 7) is 13.8. The normalized spacial score (nSPS) is 47.9. The summed E-state index contributed by atoms with van der Waals surface area (Å²) < 4.78 is 11.1. The maximum atomic E-state index is 14.4. The molecule has 3 fully saturated rings. The fourth-order valence-electron chi connectivity index (χ4n) is 10.6. The van der Waals surface area contributed by atoms with E-state index in [0.717, 1.165) is 62.7 Å². The molecule has 37 heavy (non-hydrogen) atoms. The second-order valence-corrected chi connectivity index (χ2v) is 15.0. The molecule has 1 aromatic heterocycles. The smallest absolute Gasteiger partial charge is 0.312 e. The van der Waals surface area contributed by atoms with Gasteiger partial charge in [0, 0.05) is 11.5 Å². The van der Waals surface area contributed by atoms with Crippen LogP contribution in [0.2, 0.25) is 0 Å². The van der Waals surface area contributed by atoms with E-state index in [1.165, 1.54) is 12.7 Å². The lowest BCUT2D eigenvalue weighted by molar-refractivity contribution is -0.191. The maximum absolute atomic E-state index is 14.4. The Morgan fingerprint density at radius 1 is 1.08 bits per heavy atom. The van der Waals surface area contributed by atoms with Crippen LogP contribution in [0, 0.1) is 44.8 Å². The second-order valence-electron chi connectivity index (χ2n) is 15.0. The standard InChI is InChI=1S/C31H44N2O4/c1-26(2)10-12-31(25(35)36-7)13-11-29(5)23(19(31)16-26)20(34)14-22-27(3)15-18-17-33-37-24(18)30(6,32)21(27)8-9-28(22,29)4/h14,17,19,21,23H,8-13,15-16,32H2,1-7H3/t19-,21?,23-,27-,28+,29+,30-,31-/m0/s1. The summed E-state index contributed by atoms with van der Waals surface area (Å²) >= 11 is 0. The summed E-state index contributed by atoms with van der Waals surface area (Å²) in [6, 6.07) is 0. The Labute approximate surface area is 221 Å². The topological polar surface area (TPSA) is 95.4 Å². The minimum absolute atomic E-state index is 0.00547. The largest absolute Gasteiger partial charge is 0.469 e. The van der Waals surface area contributed by atoms with Crippen LogP contribution in [0.4, 0.5) is 0 Å². The number of nitrogens with two attached hydrogens (primary N) is 1. The van der Waals surface area contributed by atoms with Gasteiger partial charge in [0.25, 0.3) is 0 Å². The molecule has 0 spiro atoms. The quantitative estimate of drug-likeness (QED) is 0.486. The fraction of sp³-hybridized carbons (Fsp3) is 0.774. The van der Waals surface area contributed by atoms with Gasteiger partial charge in [-0.3, -0.25) is 9.59 Å². The number of allylic oxidation sites excluding steroid dienone is 2. The van der Waals surface area contributed by atoms with Gasteiger partial charge in [-0.1, -0.05) is 45.3 Å². The predicted molar refractivity (Wildman–Crippen MR) is 140 cm³/mol. The third-order valence-electron chi connectivity index (χ3n) is 12.7. The highest BCUT2D eigenvalue weighted by Gasteiger charge is 2.71. The average Bonchev–Trinajstić information content (AvgIpc) is 3.28. The fourth-order valence-corrected chi connectivity index (χ4v) is 10.6. The Balaban J connectivity index is 1.51. The summed E-state index contributed by atoms with van der Waals surface area (Å²) in [5.74, 6) is 0.903. The van der Waals surface area contributed by atoms with Crippen molar-refractivity contribution < 1.29 is 18.8 Å². The third kappa shape index (κ3) is 2.94. The van der Waals surface area contributed by atoms with E-state index in [0.29, 0.717) is 0 Å². The number of carbonyl (C=O) groups excluding carboxylic acids is 2. The van der Waals surface area contributed by atoms with E-state index in [1.807, 2.05) is 12.3 Å². The number of esters is 1. The van der Waals surface area contributed by atoms with Crippen LogP contribution in [0.15, 0.2) is 22.4 Å². The molecule has 5 aliphatic rings. The number of aromatic nitrogens is 1. The zero-order valence-corrected chi connectivity index (χ0v) is 23.7. The van der Waals surface area contributed by atoms with Crippen LogP contribution in [0.25, 0.3) is 0 Å². The molecule has 5 aliphatic carbocycles. The molecule has 1 aromatic rings. The zero-order valence-electron chi connectivity index (χ0n) is 23.7. The predicted octanol–water partition coefficient (Wildman–Crippen LogP) is 5.74. The van der Waals surface area contributed by atoms with Crippen LogP contribution in [-0.4, -0.2) is 24.0 Å². The molecule has 3 saturated carbocycles. The van der Waals surface area contributed by atoms with Crippen molar-refractivity contribution in [2.45, 2.75) is 98.4 Å². The van der Waals surface area contributed by atoms with Gasteiger partial charge in [-0.25, -0.2) is 0 Å². The Bertz CT molecular complexity index is 1210. The molecule has 0 radical (unpaired) electrons. The Morgan fingerprint density at radius 2 is 1.78 bits per heavy atom. The van der Waals surface area contributed by atoms with Crippen molar-refractivity contribution in [1.82, 2.24) is 5.16 Å². The van der Waals surface area contributed by atoms with Crippen LogP contribution < -0.4 is 5.73 Å². The summed E-state index contributed by atoms with van der Waals surface area (Å²) in [6.07, 6.45) is 10.9. The van der Waals surface area contributed by atoms with E-state index in [1.54, 1.807) is 0 Å². The minimum atomic E-state index is -0.637. The van der Waals surface area contributed by atoms with Crippen LogP contribution in [0.3, 0.4) is 0 Å². The number of rotatable bonds is 1. The number of ketones is 1. The Morgan fingerprint density at radius 3 is 2.49 bits per heavy atom. The van der Waals surface area contributed by atoms with E-state index in [2.05, 4.69) is 46.7 Å². The third-order valence-corrected chi connectivity index (χ3v) is 12.7. The molecular weight excluding hydrogens is 464 g/mol. The van der Waals surface area contributed by atoms with Gasteiger partial charge >= 0.3 is 5.97 Å². The summed E-state index contributed by atoms with van der Waals surface area (Å²) in [7, 11) is 1.51. The van der Waals surface area contributed by atoms with E-state index in [4.69, 9.17) is 15.0 Å². The molecule has 0 amide bonds. The van der Waals surface area contributed by atoms with Crippen molar-refractivity contribution in [2.75, 3.05) is 7.11 Å². The van der Waals surface area contributed by atoms with Gasteiger partial charge in [-0.05, 0) is 97.9 Å². The van der Waals surface area contributed by atoms with Gasteiger partial charge in [0.1, 0.15) is 0 Å². The highest BCUT2D eigenvalue weighted by Crippen LogP contribution is 2.74. The van der Waals surface area contributed by atoms with E-state index in [9.17, 15) is 9.59 Å². The summed E-state index contributed by atoms with van der Waals surface area (Å²) in [5, 5.41) is 4.11. The number of fused-ring (bicyclic) bond motifs is 8. The lowest BCUT2D eigenvalue weighted by Crippen LogP contribution is -2.67. The van der Waals surface area contributed by atoms with Gasteiger partial charge < -0.3 is 15.0 Å². The van der Waals surface area contributed by atoms with Crippen molar-refractivity contribution >= 4 is 11.8 Å². The minimum Gasteiger partial charge on any atom is -0.469 e. The SMILES string of the molecule is COC(=O)[C@]12CCC(C)(C)C[C@H]1[C@H]1C(=O)C=C3[C@@]4(C)Cc5cnoc5[C@@](C)(N)C4CC[C@@]3(C)[C@]1(C)CC2. The molecule has 6 nitrogen and oxygen atoms in total. The lowest BCUT2D eigenvalue weighted by Gasteiger charge is -2.69. The van der Waals surface area contributed by atoms with Crippen molar-refractivity contribution in [3.63, 3.8) is 0 Å². The maximum Gasteiger partial charge on any atom is 0.312 e. The molecule has 0 bridgehead atoms. The van der Waals surface area contributed by atoms with Crippen molar-refractivity contribution in [1.29, 1.82) is 0 Å². The molecule has 0 aromatic carbocycles. The summed E-state index contributed by atoms with van der Waals surface area (Å²) in [5.41, 5.74) is 7.65. The number of hydrogen-bond donors (Lipinski definition) is 1. The molecule has 6 rings (SSSR count). The van der Waals surface area contributed by atoms with Gasteiger partial charge in [-0.15, -0.1) is 0 Å². The molecule has 2 N–H and O–H groups in total. The molecule has 8 atom stereocenters. The van der Waals surface area contributed by atoms with Crippen LogP contribution in [-0.2, 0) is 26.3 Å². The number of nitrogens with zero attached hydrogens (tertiary/aromatic N) is 1. The van der Waals surface area contributed by atoms with Gasteiger partial charge in [-0.2, -0.15) is 0 Å². The first-order valence-electron chi connectivity index (χ1n) is 14.2. The van der Waals surface area contributed by atoms with E-state index >= 15 is 0 Å². The molecule has 1 heterocycles. The van der Waals surface area contributed by atoms with Gasteiger partial charge in [0.15, 0.2) is 11.5 Å². The number of carbonyl (C=O) groups is 2. The van der Waals surface area contributed by atoms with Crippen LogP contribution in [0.5, 0.6) is 0 Å². The van der Waals surface area contributed by atoms with Gasteiger partial charge in [0.05, 0.1) is 24.3 Å². The van der Waals surface area contributed by atoms with Crippen LogP contribution in [0.1, 0.15) is 97.8 Å². The Kier molecular flexibility index (Phi) is 5.04. The van der Waals surface area contributed by atoms with E-state index < -0.39 is 11.0 Å². The molecule has 0 saturated heterocycles. The monoisotopic (exact) mass is 508 g/mol. The van der Waals surface area contributed by atoms with Crippen molar-refractivity contribution in [3.05, 3.63) is 29.2 Å². The highest BCUT2D eigenvalue weighted by molar-refractivity contribution is 5.96. The number of hydrogen-bond acceptors (Lipinski definition) is 6. The molecular formula is C31H44N2O4. The van der Waals surface area contributed by atoms with Crippen molar-refractivity contribution in [2.24, 2.45) is 50.6 Å². The second kappa shape index (κ2) is 7.37. The first-order chi connectivity index (χ1) is 17.2. The lowest BCUT2D eigenvalue weighted by atomic mass is 9.34. The number of ether oxygens (including phenoxy) is 1.